The van der Waals surface area contributed by atoms with Gasteiger partial charge in [0, 0.05) is 16.9 Å². The van der Waals surface area contributed by atoms with E-state index in [1.807, 2.05) is 5.38 Å². The second-order valence-corrected chi connectivity index (χ2v) is 5.69. The van der Waals surface area contributed by atoms with E-state index in [-0.39, 0.29) is 5.69 Å². The van der Waals surface area contributed by atoms with Crippen LogP contribution in [0.4, 0.5) is 11.5 Å². The third-order valence-corrected chi connectivity index (χ3v) is 3.99. The van der Waals surface area contributed by atoms with Crippen LogP contribution < -0.4 is 5.32 Å². The number of aromatic nitrogens is 2. The first kappa shape index (κ1) is 14.4. The number of pyridine rings is 1. The van der Waals surface area contributed by atoms with E-state index in [9.17, 15) is 10.1 Å². The number of nitrogens with one attached hydrogen (secondary N) is 1. The third kappa shape index (κ3) is 3.30. The van der Waals surface area contributed by atoms with Crippen LogP contribution in [-0.4, -0.2) is 14.9 Å². The maximum absolute atomic E-state index is 10.7. The van der Waals surface area contributed by atoms with Gasteiger partial charge < -0.3 is 5.32 Å². The molecule has 0 atom stereocenters. The molecule has 20 heavy (non-hydrogen) atoms. The Balaban J connectivity index is 2.03. The van der Waals surface area contributed by atoms with Crippen LogP contribution in [0.15, 0.2) is 17.6 Å². The zero-order valence-electron chi connectivity index (χ0n) is 11.6. The Hall–Kier alpha value is -2.02. The van der Waals surface area contributed by atoms with Crippen molar-refractivity contribution in [2.45, 2.75) is 33.2 Å². The average molecular weight is 292 g/mol. The molecule has 0 saturated heterocycles. The van der Waals surface area contributed by atoms with Crippen molar-refractivity contribution < 1.29 is 4.92 Å². The molecular formula is C13H16N4O2S. The summed E-state index contributed by atoms with van der Waals surface area (Å²) in [5.74, 6) is 1.04. The maximum Gasteiger partial charge on any atom is 0.290 e. The van der Waals surface area contributed by atoms with Gasteiger partial charge in [0.25, 0.3) is 5.69 Å². The zero-order chi connectivity index (χ0) is 14.7. The van der Waals surface area contributed by atoms with Crippen molar-refractivity contribution >= 4 is 22.8 Å². The number of aryl methyl sites for hydroxylation is 1. The Morgan fingerprint density at radius 2 is 2.25 bits per heavy atom. The first-order valence-electron chi connectivity index (χ1n) is 6.26. The largest absolute Gasteiger partial charge is 0.364 e. The van der Waals surface area contributed by atoms with Gasteiger partial charge in [0.05, 0.1) is 22.2 Å². The highest BCUT2D eigenvalue weighted by molar-refractivity contribution is 7.09. The second kappa shape index (κ2) is 5.96. The van der Waals surface area contributed by atoms with E-state index in [0.29, 0.717) is 23.8 Å². The van der Waals surface area contributed by atoms with E-state index >= 15 is 0 Å². The highest BCUT2D eigenvalue weighted by atomic mass is 32.1. The van der Waals surface area contributed by atoms with E-state index in [0.717, 1.165) is 10.7 Å². The first-order valence-corrected chi connectivity index (χ1v) is 7.14. The van der Waals surface area contributed by atoms with Gasteiger partial charge >= 0.3 is 0 Å². The Bertz CT molecular complexity index is 625. The molecule has 0 aliphatic rings. The van der Waals surface area contributed by atoms with Crippen molar-refractivity contribution in [1.82, 2.24) is 9.97 Å². The van der Waals surface area contributed by atoms with Gasteiger partial charge in [-0.3, -0.25) is 10.1 Å². The molecule has 0 aliphatic heterocycles. The van der Waals surface area contributed by atoms with Crippen molar-refractivity contribution in [3.05, 3.63) is 44.0 Å². The Morgan fingerprint density at radius 3 is 2.80 bits per heavy atom. The zero-order valence-corrected chi connectivity index (χ0v) is 12.4. The van der Waals surface area contributed by atoms with Crippen molar-refractivity contribution in [1.29, 1.82) is 0 Å². The lowest BCUT2D eigenvalue weighted by Gasteiger charge is -2.04. The van der Waals surface area contributed by atoms with Crippen LogP contribution in [0.25, 0.3) is 0 Å². The number of rotatable bonds is 5. The lowest BCUT2D eigenvalue weighted by molar-refractivity contribution is -0.385. The maximum atomic E-state index is 10.7. The smallest absolute Gasteiger partial charge is 0.290 e. The van der Waals surface area contributed by atoms with Gasteiger partial charge in [-0.2, -0.15) is 0 Å². The van der Waals surface area contributed by atoms with Gasteiger partial charge in [-0.25, -0.2) is 9.97 Å². The molecule has 106 valence electrons. The lowest BCUT2D eigenvalue weighted by atomic mass is 10.2. The summed E-state index contributed by atoms with van der Waals surface area (Å²) < 4.78 is 0. The first-order chi connectivity index (χ1) is 9.47. The molecule has 0 bridgehead atoms. The van der Waals surface area contributed by atoms with Crippen molar-refractivity contribution in [2.24, 2.45) is 0 Å². The number of thiazole rings is 1. The van der Waals surface area contributed by atoms with E-state index in [1.54, 1.807) is 24.3 Å². The molecule has 0 spiro atoms. The fourth-order valence-corrected chi connectivity index (χ4v) is 2.52. The molecule has 0 fully saturated rings. The summed E-state index contributed by atoms with van der Waals surface area (Å²) in [5, 5.41) is 17.0. The normalized spacial score (nSPS) is 10.8. The Kier molecular flexibility index (Phi) is 4.29. The Labute approximate surface area is 121 Å². The predicted molar refractivity (Wildman–Crippen MR) is 79.2 cm³/mol. The van der Waals surface area contributed by atoms with Crippen LogP contribution in [-0.2, 0) is 6.54 Å². The highest BCUT2D eigenvalue weighted by Crippen LogP contribution is 2.21. The number of anilines is 1. The van der Waals surface area contributed by atoms with Gasteiger partial charge in [0.2, 0.25) is 0 Å². The van der Waals surface area contributed by atoms with Gasteiger partial charge in [-0.15, -0.1) is 11.3 Å². The topological polar surface area (TPSA) is 81.0 Å². The highest BCUT2D eigenvalue weighted by Gasteiger charge is 2.11. The molecular weight excluding hydrogens is 276 g/mol. The SMILES string of the molecule is Cc1cc(NCc2csc(C(C)C)n2)ncc1[N+](=O)[O-]. The van der Waals surface area contributed by atoms with Gasteiger partial charge in [0.1, 0.15) is 12.0 Å². The molecule has 0 radical (unpaired) electrons. The average Bonchev–Trinajstić information content (AvgIpc) is 2.85. The van der Waals surface area contributed by atoms with Gasteiger partial charge in [0.15, 0.2) is 0 Å². The molecule has 2 aromatic rings. The van der Waals surface area contributed by atoms with Gasteiger partial charge in [-0.05, 0) is 13.0 Å². The number of hydrogen-bond acceptors (Lipinski definition) is 6. The predicted octanol–water partition coefficient (Wildman–Crippen LogP) is 3.49. The standard InChI is InChI=1S/C13H16N4O2S/c1-8(2)13-16-10(7-20-13)5-14-12-4-9(3)11(6-15-12)17(18)19/h4,6-8H,5H2,1-3H3,(H,14,15). The minimum Gasteiger partial charge on any atom is -0.364 e. The minimum absolute atomic E-state index is 0.0336. The quantitative estimate of drug-likeness (QED) is 0.674. The number of hydrogen-bond donors (Lipinski definition) is 1. The van der Waals surface area contributed by atoms with Crippen molar-refractivity contribution in [2.75, 3.05) is 5.32 Å². The summed E-state index contributed by atoms with van der Waals surface area (Å²) in [5.41, 5.74) is 1.58. The molecule has 2 heterocycles. The molecule has 0 unspecified atom stereocenters. The Morgan fingerprint density at radius 1 is 1.50 bits per heavy atom. The fraction of sp³-hybridized carbons (Fsp3) is 0.385. The molecule has 2 rings (SSSR count). The van der Waals surface area contributed by atoms with Crippen molar-refractivity contribution in [3.8, 4) is 0 Å². The van der Waals surface area contributed by atoms with Crippen LogP contribution in [0, 0.1) is 17.0 Å². The minimum atomic E-state index is -0.429. The third-order valence-electron chi connectivity index (χ3n) is 2.79. The summed E-state index contributed by atoms with van der Waals surface area (Å²) in [6, 6.07) is 1.67. The molecule has 0 aromatic carbocycles. The lowest BCUT2D eigenvalue weighted by Crippen LogP contribution is -2.03. The van der Waals surface area contributed by atoms with E-state index in [2.05, 4.69) is 29.1 Å². The van der Waals surface area contributed by atoms with Crippen LogP contribution in [0.3, 0.4) is 0 Å². The second-order valence-electron chi connectivity index (χ2n) is 4.80. The summed E-state index contributed by atoms with van der Waals surface area (Å²) in [4.78, 5) is 18.8. The molecule has 6 nitrogen and oxygen atoms in total. The molecule has 1 N–H and O–H groups in total. The monoisotopic (exact) mass is 292 g/mol. The number of nitro groups is 1. The summed E-state index contributed by atoms with van der Waals surface area (Å²) in [6.45, 7) is 6.48. The number of nitrogens with zero attached hydrogens (tertiary/aromatic N) is 3. The molecule has 2 aromatic heterocycles. The molecule has 0 amide bonds. The molecule has 0 aliphatic carbocycles. The van der Waals surface area contributed by atoms with E-state index < -0.39 is 4.92 Å². The summed E-state index contributed by atoms with van der Waals surface area (Å²) in [7, 11) is 0. The van der Waals surface area contributed by atoms with Crippen LogP contribution in [0.5, 0.6) is 0 Å². The van der Waals surface area contributed by atoms with Crippen LogP contribution in [0.1, 0.15) is 36.0 Å². The van der Waals surface area contributed by atoms with Gasteiger partial charge in [-0.1, -0.05) is 13.8 Å². The molecule has 7 heteroatoms. The fourth-order valence-electron chi connectivity index (χ4n) is 1.69. The summed E-state index contributed by atoms with van der Waals surface area (Å²) >= 11 is 1.64. The van der Waals surface area contributed by atoms with E-state index in [4.69, 9.17) is 0 Å². The van der Waals surface area contributed by atoms with Crippen LogP contribution in [0.2, 0.25) is 0 Å². The molecule has 0 saturated carbocycles. The van der Waals surface area contributed by atoms with Crippen LogP contribution >= 0.6 is 11.3 Å². The summed E-state index contributed by atoms with van der Waals surface area (Å²) in [6.07, 6.45) is 1.28. The van der Waals surface area contributed by atoms with E-state index in [1.165, 1.54) is 6.20 Å². The van der Waals surface area contributed by atoms with Crippen molar-refractivity contribution in [3.63, 3.8) is 0 Å².